The lowest BCUT2D eigenvalue weighted by Crippen LogP contribution is -2.60. The Hall–Kier alpha value is -1.79. The van der Waals surface area contributed by atoms with E-state index in [-0.39, 0.29) is 18.2 Å². The number of para-hydroxylation sites is 1. The van der Waals surface area contributed by atoms with Crippen molar-refractivity contribution in [3.05, 3.63) is 24.3 Å². The Morgan fingerprint density at radius 2 is 2.11 bits per heavy atom. The van der Waals surface area contributed by atoms with Crippen LogP contribution in [0.25, 0.3) is 11.0 Å². The van der Waals surface area contributed by atoms with Gasteiger partial charge >= 0.3 is 0 Å². The first-order valence-corrected chi connectivity index (χ1v) is 6.51. The van der Waals surface area contributed by atoms with E-state index in [1.54, 1.807) is 0 Å². The number of anilines is 1. The first-order chi connectivity index (χ1) is 9.28. The van der Waals surface area contributed by atoms with Crippen molar-refractivity contribution in [2.45, 2.75) is 31.5 Å². The average Bonchev–Trinajstić information content (AvgIpc) is 2.44. The number of nitrogens with two attached hydrogens (primary N) is 1. The molecule has 0 radical (unpaired) electrons. The summed E-state index contributed by atoms with van der Waals surface area (Å²) < 4.78 is 5.60. The third-order valence-corrected chi connectivity index (χ3v) is 3.40. The van der Waals surface area contributed by atoms with Crippen LogP contribution in [-0.2, 0) is 4.74 Å². The lowest BCUT2D eigenvalue weighted by molar-refractivity contribution is -0.0128. The van der Waals surface area contributed by atoms with Crippen molar-refractivity contribution in [3.63, 3.8) is 0 Å². The quantitative estimate of drug-likeness (QED) is 0.850. The number of nitrogens with zero attached hydrogens (tertiary/aromatic N) is 3. The number of ether oxygens (including phenoxy) is 1. The van der Waals surface area contributed by atoms with E-state index < -0.39 is 0 Å². The van der Waals surface area contributed by atoms with Crippen LogP contribution >= 0.6 is 0 Å². The molecule has 100 valence electrons. The van der Waals surface area contributed by atoms with Gasteiger partial charge in [0.2, 0.25) is 5.95 Å². The predicted octanol–water partition coefficient (Wildman–Crippen LogP) is 0.941. The van der Waals surface area contributed by atoms with E-state index in [4.69, 9.17) is 10.5 Å². The van der Waals surface area contributed by atoms with Gasteiger partial charge in [-0.05, 0) is 25.5 Å². The molecule has 1 aliphatic carbocycles. The van der Waals surface area contributed by atoms with Crippen molar-refractivity contribution in [2.24, 2.45) is 5.73 Å². The molecule has 3 rings (SSSR count). The summed E-state index contributed by atoms with van der Waals surface area (Å²) in [6.07, 6.45) is 1.00. The molecule has 0 saturated heterocycles. The molecule has 1 fully saturated rings. The van der Waals surface area contributed by atoms with E-state index in [1.165, 1.54) is 0 Å². The lowest BCUT2D eigenvalue weighted by atomic mass is 9.83. The molecule has 0 amide bonds. The molecular formula is C13H17N5O. The maximum atomic E-state index is 5.99. The van der Waals surface area contributed by atoms with Gasteiger partial charge in [0, 0.05) is 12.6 Å². The normalized spacial score (nSPS) is 26.1. The summed E-state index contributed by atoms with van der Waals surface area (Å²) in [6.45, 7) is 2.67. The zero-order valence-electron chi connectivity index (χ0n) is 10.8. The topological polar surface area (TPSA) is 86.0 Å². The molecule has 1 aromatic heterocycles. The number of hydrogen-bond acceptors (Lipinski definition) is 6. The number of hydrogen-bond donors (Lipinski definition) is 2. The first-order valence-electron chi connectivity index (χ1n) is 6.51. The van der Waals surface area contributed by atoms with Gasteiger partial charge in [0.1, 0.15) is 5.52 Å². The van der Waals surface area contributed by atoms with Crippen LogP contribution in [0.5, 0.6) is 0 Å². The Kier molecular flexibility index (Phi) is 3.27. The molecule has 3 atom stereocenters. The average molecular weight is 259 g/mol. The molecule has 6 nitrogen and oxygen atoms in total. The lowest BCUT2D eigenvalue weighted by Gasteiger charge is -2.42. The Morgan fingerprint density at radius 1 is 1.32 bits per heavy atom. The molecule has 0 bridgehead atoms. The number of benzene rings is 1. The molecule has 0 spiro atoms. The van der Waals surface area contributed by atoms with Crippen LogP contribution in [0.3, 0.4) is 0 Å². The van der Waals surface area contributed by atoms with Crippen molar-refractivity contribution in [1.82, 2.24) is 15.2 Å². The third-order valence-electron chi connectivity index (χ3n) is 3.40. The maximum absolute atomic E-state index is 5.99. The van der Waals surface area contributed by atoms with Crippen LogP contribution in [0.2, 0.25) is 0 Å². The van der Waals surface area contributed by atoms with Crippen molar-refractivity contribution in [2.75, 3.05) is 11.9 Å². The maximum Gasteiger partial charge on any atom is 0.243 e. The molecule has 6 heteroatoms. The van der Waals surface area contributed by atoms with Crippen LogP contribution in [0.15, 0.2) is 24.3 Å². The van der Waals surface area contributed by atoms with E-state index in [0.29, 0.717) is 12.6 Å². The van der Waals surface area contributed by atoms with Gasteiger partial charge in [-0.15, -0.1) is 10.2 Å². The van der Waals surface area contributed by atoms with E-state index in [2.05, 4.69) is 20.5 Å². The Labute approximate surface area is 111 Å². The third kappa shape index (κ3) is 2.36. The number of nitrogens with one attached hydrogen (secondary N) is 1. The fourth-order valence-electron chi connectivity index (χ4n) is 2.32. The highest BCUT2D eigenvalue weighted by Gasteiger charge is 2.39. The zero-order chi connectivity index (χ0) is 13.2. The van der Waals surface area contributed by atoms with Gasteiger partial charge < -0.3 is 15.8 Å². The van der Waals surface area contributed by atoms with Gasteiger partial charge in [0.15, 0.2) is 0 Å². The van der Waals surface area contributed by atoms with Crippen molar-refractivity contribution in [3.8, 4) is 0 Å². The van der Waals surface area contributed by atoms with E-state index >= 15 is 0 Å². The fraction of sp³-hybridized carbons (Fsp3) is 0.462. The number of aromatic nitrogens is 3. The number of fused-ring (bicyclic) bond motifs is 1. The van der Waals surface area contributed by atoms with Gasteiger partial charge in [0.05, 0.1) is 17.7 Å². The minimum Gasteiger partial charge on any atom is -0.376 e. The summed E-state index contributed by atoms with van der Waals surface area (Å²) in [5, 5.41) is 11.4. The minimum atomic E-state index is 0.0583. The second-order valence-electron chi connectivity index (χ2n) is 4.69. The smallest absolute Gasteiger partial charge is 0.243 e. The Bertz CT molecular complexity index is 574. The summed E-state index contributed by atoms with van der Waals surface area (Å²) in [6, 6.07) is 7.78. The minimum absolute atomic E-state index is 0.0583. The SMILES string of the molecule is CCOC1CC(N)C1Nc1nnc2ccccc2n1. The van der Waals surface area contributed by atoms with Crippen molar-refractivity contribution < 1.29 is 4.74 Å². The molecule has 1 aliphatic rings. The zero-order valence-corrected chi connectivity index (χ0v) is 10.8. The van der Waals surface area contributed by atoms with Crippen molar-refractivity contribution >= 4 is 17.0 Å². The number of rotatable bonds is 4. The van der Waals surface area contributed by atoms with E-state index in [1.807, 2.05) is 31.2 Å². The largest absolute Gasteiger partial charge is 0.376 e. The van der Waals surface area contributed by atoms with E-state index in [9.17, 15) is 0 Å². The second kappa shape index (κ2) is 5.07. The first kappa shape index (κ1) is 12.3. The molecular weight excluding hydrogens is 242 g/mol. The highest BCUT2D eigenvalue weighted by molar-refractivity contribution is 5.74. The Balaban J connectivity index is 1.77. The molecule has 3 N–H and O–H groups in total. The molecule has 19 heavy (non-hydrogen) atoms. The van der Waals surface area contributed by atoms with Crippen LogP contribution in [0.1, 0.15) is 13.3 Å². The van der Waals surface area contributed by atoms with Gasteiger partial charge in [-0.2, -0.15) is 0 Å². The van der Waals surface area contributed by atoms with Gasteiger partial charge in [-0.3, -0.25) is 0 Å². The highest BCUT2D eigenvalue weighted by Crippen LogP contribution is 2.25. The van der Waals surface area contributed by atoms with Gasteiger partial charge in [-0.25, -0.2) is 4.98 Å². The standard InChI is InChI=1S/C13H17N5O/c1-2-19-11-7-8(14)12(11)16-13-15-9-5-3-4-6-10(9)17-18-13/h3-6,8,11-12H,2,7,14H2,1H3,(H,15,16,18). The summed E-state index contributed by atoms with van der Waals surface area (Å²) in [5.74, 6) is 0.503. The fourth-order valence-corrected chi connectivity index (χ4v) is 2.32. The predicted molar refractivity (Wildman–Crippen MR) is 72.8 cm³/mol. The van der Waals surface area contributed by atoms with E-state index in [0.717, 1.165) is 17.5 Å². The van der Waals surface area contributed by atoms with Gasteiger partial charge in [0.25, 0.3) is 0 Å². The van der Waals surface area contributed by atoms with Crippen LogP contribution in [-0.4, -0.2) is 40.0 Å². The molecule has 1 aromatic carbocycles. The highest BCUT2D eigenvalue weighted by atomic mass is 16.5. The van der Waals surface area contributed by atoms with Gasteiger partial charge in [-0.1, -0.05) is 12.1 Å². The molecule has 3 unspecified atom stereocenters. The molecule has 2 aromatic rings. The van der Waals surface area contributed by atoms with Crippen LogP contribution in [0.4, 0.5) is 5.95 Å². The Morgan fingerprint density at radius 3 is 2.84 bits per heavy atom. The summed E-state index contributed by atoms with van der Waals surface area (Å²) in [7, 11) is 0. The van der Waals surface area contributed by atoms with Crippen molar-refractivity contribution in [1.29, 1.82) is 0 Å². The molecule has 0 aliphatic heterocycles. The summed E-state index contributed by atoms with van der Waals surface area (Å²) in [5.41, 5.74) is 7.59. The second-order valence-corrected chi connectivity index (χ2v) is 4.69. The monoisotopic (exact) mass is 259 g/mol. The molecule has 1 heterocycles. The van der Waals surface area contributed by atoms with Crippen LogP contribution < -0.4 is 11.1 Å². The molecule has 1 saturated carbocycles. The van der Waals surface area contributed by atoms with Crippen LogP contribution in [0, 0.1) is 0 Å². The summed E-state index contributed by atoms with van der Waals surface area (Å²) in [4.78, 5) is 4.43. The summed E-state index contributed by atoms with van der Waals surface area (Å²) >= 11 is 0.